The molecule has 0 aliphatic rings. The highest BCUT2D eigenvalue weighted by molar-refractivity contribution is 9.10. The molecule has 116 valence electrons. The maximum absolute atomic E-state index is 12.6. The summed E-state index contributed by atoms with van der Waals surface area (Å²) in [5, 5.41) is 0.988. The van der Waals surface area contributed by atoms with Crippen molar-refractivity contribution in [2.24, 2.45) is 0 Å². The number of rotatable bonds is 2. The minimum Gasteiger partial charge on any atom is -0.256 e. The fraction of sp³-hybridized carbons (Fsp3) is 0.0556. The van der Waals surface area contributed by atoms with Crippen LogP contribution in [0.25, 0.3) is 23.1 Å². The van der Waals surface area contributed by atoms with Gasteiger partial charge in [-0.25, -0.2) is 0 Å². The Morgan fingerprint density at radius 3 is 2.35 bits per heavy atom. The fourth-order valence-electron chi connectivity index (χ4n) is 2.26. The number of alkyl halides is 3. The van der Waals surface area contributed by atoms with E-state index in [1.54, 1.807) is 12.3 Å². The van der Waals surface area contributed by atoms with Gasteiger partial charge in [-0.2, -0.15) is 13.2 Å². The Balaban J connectivity index is 1.93. The summed E-state index contributed by atoms with van der Waals surface area (Å²) < 4.78 is 38.6. The summed E-state index contributed by atoms with van der Waals surface area (Å²) in [5.74, 6) is 0. The first kappa shape index (κ1) is 15.7. The van der Waals surface area contributed by atoms with Gasteiger partial charge >= 0.3 is 6.18 Å². The lowest BCUT2D eigenvalue weighted by Crippen LogP contribution is -2.03. The van der Waals surface area contributed by atoms with E-state index in [4.69, 9.17) is 0 Å². The standard InChI is InChI=1S/C18H11BrF3N/c19-16-10-7-13(17-15(16)2-1-11-23-17)6-3-12-4-8-14(9-5-12)18(20,21)22/h1-11H. The molecule has 0 aliphatic heterocycles. The zero-order valence-corrected chi connectivity index (χ0v) is 13.4. The van der Waals surface area contributed by atoms with Crippen LogP contribution in [-0.4, -0.2) is 4.98 Å². The molecule has 0 fully saturated rings. The van der Waals surface area contributed by atoms with Gasteiger partial charge < -0.3 is 0 Å². The molecule has 1 nitrogen and oxygen atoms in total. The normalized spacial score (nSPS) is 12.2. The Morgan fingerprint density at radius 1 is 0.913 bits per heavy atom. The maximum Gasteiger partial charge on any atom is 0.416 e. The van der Waals surface area contributed by atoms with Crippen molar-refractivity contribution >= 4 is 39.0 Å². The van der Waals surface area contributed by atoms with Crippen LogP contribution in [0.4, 0.5) is 13.2 Å². The van der Waals surface area contributed by atoms with E-state index in [-0.39, 0.29) is 0 Å². The van der Waals surface area contributed by atoms with Gasteiger partial charge in [0.25, 0.3) is 0 Å². The first-order valence-corrected chi connectivity index (χ1v) is 7.63. The molecule has 0 unspecified atom stereocenters. The highest BCUT2D eigenvalue weighted by Crippen LogP contribution is 2.30. The summed E-state index contributed by atoms with van der Waals surface area (Å²) >= 11 is 3.48. The van der Waals surface area contributed by atoms with Crippen LogP contribution in [0, 0.1) is 0 Å². The van der Waals surface area contributed by atoms with Gasteiger partial charge in [-0.05, 0) is 29.8 Å². The molecule has 0 bridgehead atoms. The van der Waals surface area contributed by atoms with E-state index in [2.05, 4.69) is 20.9 Å². The summed E-state index contributed by atoms with van der Waals surface area (Å²) in [7, 11) is 0. The van der Waals surface area contributed by atoms with Crippen molar-refractivity contribution in [1.29, 1.82) is 0 Å². The molecule has 23 heavy (non-hydrogen) atoms. The summed E-state index contributed by atoms with van der Waals surface area (Å²) in [5.41, 5.74) is 1.80. The highest BCUT2D eigenvalue weighted by atomic mass is 79.9. The Labute approximate surface area is 139 Å². The van der Waals surface area contributed by atoms with Gasteiger partial charge in [0.2, 0.25) is 0 Å². The summed E-state index contributed by atoms with van der Waals surface area (Å²) in [6.07, 6.45) is 1.03. The quantitative estimate of drug-likeness (QED) is 0.485. The molecule has 0 amide bonds. The van der Waals surface area contributed by atoms with Crippen LogP contribution >= 0.6 is 15.9 Å². The van der Waals surface area contributed by atoms with E-state index < -0.39 is 11.7 Å². The van der Waals surface area contributed by atoms with Gasteiger partial charge in [-0.1, -0.05) is 52.3 Å². The number of aromatic nitrogens is 1. The average molecular weight is 378 g/mol. The van der Waals surface area contributed by atoms with Crippen molar-refractivity contribution in [2.75, 3.05) is 0 Å². The number of benzene rings is 2. The van der Waals surface area contributed by atoms with Crippen molar-refractivity contribution < 1.29 is 13.2 Å². The van der Waals surface area contributed by atoms with E-state index in [9.17, 15) is 13.2 Å². The van der Waals surface area contributed by atoms with Crippen LogP contribution in [0.5, 0.6) is 0 Å². The Hall–Kier alpha value is -2.14. The maximum atomic E-state index is 12.6. The lowest BCUT2D eigenvalue weighted by molar-refractivity contribution is -0.137. The molecule has 1 aromatic heterocycles. The predicted octanol–water partition coefficient (Wildman–Crippen LogP) is 6.19. The first-order valence-electron chi connectivity index (χ1n) is 6.84. The van der Waals surface area contributed by atoms with E-state index in [0.717, 1.165) is 33.1 Å². The zero-order chi connectivity index (χ0) is 16.4. The number of halogens is 4. The molecule has 3 aromatic rings. The topological polar surface area (TPSA) is 12.9 Å². The molecule has 0 N–H and O–H groups in total. The van der Waals surface area contributed by atoms with Gasteiger partial charge in [0.05, 0.1) is 11.1 Å². The molecule has 1 heterocycles. The summed E-state index contributed by atoms with van der Waals surface area (Å²) in [4.78, 5) is 4.37. The smallest absolute Gasteiger partial charge is 0.256 e. The summed E-state index contributed by atoms with van der Waals surface area (Å²) in [6.45, 7) is 0. The SMILES string of the molecule is FC(F)(F)c1ccc(C=Cc2ccc(Br)c3cccnc23)cc1. The van der Waals surface area contributed by atoms with Gasteiger partial charge in [0.15, 0.2) is 0 Å². The van der Waals surface area contributed by atoms with Crippen molar-refractivity contribution in [3.05, 3.63) is 75.9 Å². The Morgan fingerprint density at radius 2 is 1.65 bits per heavy atom. The Kier molecular flexibility index (Phi) is 4.22. The highest BCUT2D eigenvalue weighted by Gasteiger charge is 2.29. The van der Waals surface area contributed by atoms with Crippen LogP contribution in [0.3, 0.4) is 0 Å². The van der Waals surface area contributed by atoms with Gasteiger partial charge in [0, 0.05) is 21.6 Å². The number of nitrogens with zero attached hydrogens (tertiary/aromatic N) is 1. The number of pyridine rings is 1. The molecule has 0 saturated heterocycles. The second kappa shape index (κ2) is 6.16. The molecule has 0 aliphatic carbocycles. The molecule has 0 spiro atoms. The zero-order valence-electron chi connectivity index (χ0n) is 11.8. The van der Waals surface area contributed by atoms with Gasteiger partial charge in [-0.15, -0.1) is 0 Å². The summed E-state index contributed by atoms with van der Waals surface area (Å²) in [6, 6.07) is 12.7. The van der Waals surface area contributed by atoms with E-state index in [0.29, 0.717) is 5.56 Å². The van der Waals surface area contributed by atoms with Gasteiger partial charge in [-0.3, -0.25) is 4.98 Å². The molecule has 0 atom stereocenters. The number of hydrogen-bond acceptors (Lipinski definition) is 1. The van der Waals surface area contributed by atoms with Crippen LogP contribution in [0.1, 0.15) is 16.7 Å². The molecule has 2 aromatic carbocycles. The lowest BCUT2D eigenvalue weighted by atomic mass is 10.1. The van der Waals surface area contributed by atoms with Crippen molar-refractivity contribution in [1.82, 2.24) is 4.98 Å². The second-order valence-electron chi connectivity index (χ2n) is 4.99. The molecule has 3 rings (SSSR count). The van der Waals surface area contributed by atoms with Crippen molar-refractivity contribution in [3.8, 4) is 0 Å². The minimum atomic E-state index is -4.31. The number of hydrogen-bond donors (Lipinski definition) is 0. The molecule has 0 radical (unpaired) electrons. The first-order chi connectivity index (χ1) is 10.9. The second-order valence-corrected chi connectivity index (χ2v) is 5.84. The van der Waals surface area contributed by atoms with Crippen molar-refractivity contribution in [3.63, 3.8) is 0 Å². The average Bonchev–Trinajstić information content (AvgIpc) is 2.54. The van der Waals surface area contributed by atoms with Crippen LogP contribution in [0.15, 0.2) is 59.2 Å². The van der Waals surface area contributed by atoms with E-state index >= 15 is 0 Å². The Bertz CT molecular complexity index is 868. The monoisotopic (exact) mass is 377 g/mol. The third-order valence-electron chi connectivity index (χ3n) is 3.44. The molecular weight excluding hydrogens is 367 g/mol. The third-order valence-corrected chi connectivity index (χ3v) is 4.13. The predicted molar refractivity (Wildman–Crippen MR) is 89.8 cm³/mol. The molecule has 5 heteroatoms. The third kappa shape index (κ3) is 3.45. The van der Waals surface area contributed by atoms with E-state index in [1.165, 1.54) is 12.1 Å². The molecule has 0 saturated carbocycles. The largest absolute Gasteiger partial charge is 0.416 e. The minimum absolute atomic E-state index is 0.648. The lowest BCUT2D eigenvalue weighted by Gasteiger charge is -2.06. The number of fused-ring (bicyclic) bond motifs is 1. The van der Waals surface area contributed by atoms with Crippen LogP contribution in [0.2, 0.25) is 0 Å². The van der Waals surface area contributed by atoms with E-state index in [1.807, 2.05) is 30.3 Å². The van der Waals surface area contributed by atoms with Crippen molar-refractivity contribution in [2.45, 2.75) is 6.18 Å². The fourth-order valence-corrected chi connectivity index (χ4v) is 2.72. The molecular formula is C18H11BrF3N. The van der Waals surface area contributed by atoms with Crippen LogP contribution in [-0.2, 0) is 6.18 Å². The van der Waals surface area contributed by atoms with Crippen LogP contribution < -0.4 is 0 Å². The van der Waals surface area contributed by atoms with Gasteiger partial charge in [0.1, 0.15) is 0 Å².